The molecule has 0 saturated carbocycles. The van der Waals surface area contributed by atoms with Crippen LogP contribution in [0, 0.1) is 0 Å². The molecule has 3 heterocycles. The number of aromatic nitrogens is 3. The van der Waals surface area contributed by atoms with Crippen molar-refractivity contribution in [2.45, 2.75) is 0 Å². The number of hydrogen-bond donors (Lipinski definition) is 0. The molecule has 134 valence electrons. The zero-order valence-electron chi connectivity index (χ0n) is 14.3. The van der Waals surface area contributed by atoms with E-state index in [0.29, 0.717) is 30.3 Å². The van der Waals surface area contributed by atoms with E-state index in [2.05, 4.69) is 15.0 Å². The lowest BCUT2D eigenvalue weighted by molar-refractivity contribution is 0.0741. The maximum atomic E-state index is 12.8. The van der Waals surface area contributed by atoms with Crippen LogP contribution < -0.4 is 9.64 Å². The molecule has 0 aliphatic carbocycles. The Bertz CT molecular complexity index is 950. The Labute approximate surface area is 155 Å². The van der Waals surface area contributed by atoms with Crippen molar-refractivity contribution in [1.29, 1.82) is 0 Å². The van der Waals surface area contributed by atoms with Gasteiger partial charge in [-0.25, -0.2) is 9.50 Å². The van der Waals surface area contributed by atoms with Gasteiger partial charge in [0, 0.05) is 32.2 Å². The van der Waals surface area contributed by atoms with E-state index < -0.39 is 0 Å². The zero-order chi connectivity index (χ0) is 18.1. The number of para-hydroxylation sites is 1. The van der Waals surface area contributed by atoms with E-state index >= 15 is 0 Å². The Morgan fingerprint density at radius 3 is 2.62 bits per heavy atom. The Kier molecular flexibility index (Phi) is 4.38. The lowest BCUT2D eigenvalue weighted by Gasteiger charge is -2.36. The average molecular weight is 372 g/mol. The molecule has 2 aromatic heterocycles. The number of benzene rings is 1. The fourth-order valence-electron chi connectivity index (χ4n) is 3.10. The van der Waals surface area contributed by atoms with Crippen LogP contribution in [0.3, 0.4) is 0 Å². The molecule has 1 aromatic carbocycles. The molecule has 0 N–H and O–H groups in total. The number of rotatable bonds is 3. The van der Waals surface area contributed by atoms with Crippen LogP contribution in [0.1, 0.15) is 10.5 Å². The number of carbonyl (C=O) groups excluding carboxylic acids is 1. The van der Waals surface area contributed by atoms with Crippen LogP contribution in [0.15, 0.2) is 42.6 Å². The van der Waals surface area contributed by atoms with Crippen molar-refractivity contribution in [3.8, 4) is 5.88 Å². The van der Waals surface area contributed by atoms with Gasteiger partial charge < -0.3 is 14.5 Å². The lowest BCUT2D eigenvalue weighted by atomic mass is 10.2. The number of anilines is 1. The maximum Gasteiger partial charge on any atom is 0.274 e. The molecule has 26 heavy (non-hydrogen) atoms. The zero-order valence-corrected chi connectivity index (χ0v) is 15.1. The molecule has 8 heteroatoms. The van der Waals surface area contributed by atoms with Crippen molar-refractivity contribution in [1.82, 2.24) is 19.5 Å². The lowest BCUT2D eigenvalue weighted by Crippen LogP contribution is -2.49. The van der Waals surface area contributed by atoms with E-state index in [1.165, 1.54) is 0 Å². The number of carbonyl (C=O) groups is 1. The van der Waals surface area contributed by atoms with Gasteiger partial charge in [-0.1, -0.05) is 23.7 Å². The van der Waals surface area contributed by atoms with Gasteiger partial charge in [0.05, 0.1) is 24.0 Å². The molecule has 0 bridgehead atoms. The number of fused-ring (bicyclic) bond motifs is 1. The Morgan fingerprint density at radius 2 is 1.88 bits per heavy atom. The number of nitrogens with zero attached hydrogens (tertiary/aromatic N) is 5. The number of amides is 1. The van der Waals surface area contributed by atoms with Gasteiger partial charge in [-0.05, 0) is 18.2 Å². The van der Waals surface area contributed by atoms with Crippen LogP contribution in [-0.2, 0) is 0 Å². The van der Waals surface area contributed by atoms with Crippen LogP contribution in [0.25, 0.3) is 5.65 Å². The van der Waals surface area contributed by atoms with E-state index in [-0.39, 0.29) is 5.91 Å². The minimum absolute atomic E-state index is 0.0896. The van der Waals surface area contributed by atoms with Crippen LogP contribution in [0.2, 0.25) is 5.02 Å². The quantitative estimate of drug-likeness (QED) is 0.707. The van der Waals surface area contributed by atoms with Crippen LogP contribution >= 0.6 is 11.6 Å². The molecule has 3 aromatic rings. The van der Waals surface area contributed by atoms with Gasteiger partial charge in [-0.15, -0.1) is 5.10 Å². The Balaban J connectivity index is 1.47. The first-order chi connectivity index (χ1) is 12.7. The van der Waals surface area contributed by atoms with E-state index in [9.17, 15) is 4.79 Å². The molecule has 1 amide bonds. The van der Waals surface area contributed by atoms with E-state index in [4.69, 9.17) is 16.3 Å². The number of hydrogen-bond acceptors (Lipinski definition) is 5. The second-order valence-electron chi connectivity index (χ2n) is 6.04. The van der Waals surface area contributed by atoms with E-state index in [0.717, 1.165) is 23.8 Å². The Hall–Kier alpha value is -2.80. The molecule has 0 unspecified atom stereocenters. The highest BCUT2D eigenvalue weighted by Gasteiger charge is 2.25. The number of imidazole rings is 1. The van der Waals surface area contributed by atoms with Crippen molar-refractivity contribution in [3.05, 3.63) is 53.3 Å². The first-order valence-corrected chi connectivity index (χ1v) is 8.72. The summed E-state index contributed by atoms with van der Waals surface area (Å²) >= 11 is 6.27. The van der Waals surface area contributed by atoms with Crippen LogP contribution in [0.4, 0.5) is 5.69 Å². The van der Waals surface area contributed by atoms with Crippen molar-refractivity contribution in [2.75, 3.05) is 38.2 Å². The minimum atomic E-state index is -0.0896. The third-order valence-electron chi connectivity index (χ3n) is 4.48. The summed E-state index contributed by atoms with van der Waals surface area (Å²) in [6.45, 7) is 2.70. The molecule has 1 aliphatic rings. The highest BCUT2D eigenvalue weighted by atomic mass is 35.5. The number of halogens is 1. The van der Waals surface area contributed by atoms with Crippen LogP contribution in [-0.4, -0.2) is 58.7 Å². The predicted octanol–water partition coefficient (Wildman–Crippen LogP) is 2.35. The largest absolute Gasteiger partial charge is 0.480 e. The van der Waals surface area contributed by atoms with E-state index in [1.807, 2.05) is 29.2 Å². The number of piperazine rings is 1. The molecule has 0 spiro atoms. The van der Waals surface area contributed by atoms with Crippen LogP contribution in [0.5, 0.6) is 5.88 Å². The molecule has 1 aliphatic heterocycles. The molecular formula is C18H18ClN5O2. The van der Waals surface area contributed by atoms with E-state index in [1.54, 1.807) is 30.0 Å². The second-order valence-corrected chi connectivity index (χ2v) is 6.44. The summed E-state index contributed by atoms with van der Waals surface area (Å²) in [6, 6.07) is 11.3. The highest BCUT2D eigenvalue weighted by molar-refractivity contribution is 6.33. The summed E-state index contributed by atoms with van der Waals surface area (Å²) in [7, 11) is 1.55. The third-order valence-corrected chi connectivity index (χ3v) is 4.80. The summed E-state index contributed by atoms with van der Waals surface area (Å²) in [4.78, 5) is 21.2. The highest BCUT2D eigenvalue weighted by Crippen LogP contribution is 2.26. The van der Waals surface area contributed by atoms with Gasteiger partial charge in [-0.3, -0.25) is 4.79 Å². The molecule has 0 atom stereocenters. The first-order valence-electron chi connectivity index (χ1n) is 8.35. The fourth-order valence-corrected chi connectivity index (χ4v) is 3.35. The summed E-state index contributed by atoms with van der Waals surface area (Å²) in [5, 5.41) is 4.97. The minimum Gasteiger partial charge on any atom is -0.480 e. The molecule has 0 radical (unpaired) electrons. The molecule has 1 saturated heterocycles. The molecule has 1 fully saturated rings. The summed E-state index contributed by atoms with van der Waals surface area (Å²) in [6.07, 6.45) is 1.64. The summed E-state index contributed by atoms with van der Waals surface area (Å²) < 4.78 is 6.66. The molecule has 7 nitrogen and oxygen atoms in total. The predicted molar refractivity (Wildman–Crippen MR) is 99.1 cm³/mol. The normalized spacial score (nSPS) is 14.7. The molecule has 4 rings (SSSR count). The molecular weight excluding hydrogens is 354 g/mol. The number of ether oxygens (including phenoxy) is 1. The smallest absolute Gasteiger partial charge is 0.274 e. The van der Waals surface area contributed by atoms with Crippen molar-refractivity contribution in [2.24, 2.45) is 0 Å². The summed E-state index contributed by atoms with van der Waals surface area (Å²) in [5.74, 6) is 0.385. The summed E-state index contributed by atoms with van der Waals surface area (Å²) in [5.41, 5.74) is 2.01. The van der Waals surface area contributed by atoms with Crippen molar-refractivity contribution in [3.63, 3.8) is 0 Å². The van der Waals surface area contributed by atoms with Gasteiger partial charge in [0.1, 0.15) is 5.69 Å². The maximum absolute atomic E-state index is 12.8. The SMILES string of the molecule is COc1ccc2nc(C(=O)N3CCN(c4ccccc4Cl)CC3)cn2n1. The van der Waals surface area contributed by atoms with Gasteiger partial charge >= 0.3 is 0 Å². The second kappa shape index (κ2) is 6.84. The van der Waals surface area contributed by atoms with Gasteiger partial charge in [0.2, 0.25) is 5.88 Å². The average Bonchev–Trinajstić information content (AvgIpc) is 3.11. The van der Waals surface area contributed by atoms with Gasteiger partial charge in [0.25, 0.3) is 5.91 Å². The standard InChI is InChI=1S/C18H18ClN5O2/c1-26-17-7-6-16-20-14(12-24(16)21-17)18(25)23-10-8-22(9-11-23)15-5-3-2-4-13(15)19/h2-7,12H,8-11H2,1H3. The fraction of sp³-hybridized carbons (Fsp3) is 0.278. The van der Waals surface area contributed by atoms with Gasteiger partial charge in [-0.2, -0.15) is 0 Å². The Morgan fingerprint density at radius 1 is 1.12 bits per heavy atom. The van der Waals surface area contributed by atoms with Gasteiger partial charge in [0.15, 0.2) is 5.65 Å². The third kappa shape index (κ3) is 3.06. The number of methoxy groups -OCH3 is 1. The monoisotopic (exact) mass is 371 g/mol. The van der Waals surface area contributed by atoms with Crippen molar-refractivity contribution >= 4 is 28.8 Å². The van der Waals surface area contributed by atoms with Crippen molar-refractivity contribution < 1.29 is 9.53 Å². The topological polar surface area (TPSA) is 63.0 Å². The first kappa shape index (κ1) is 16.7.